The Labute approximate surface area is 154 Å². The number of unbranched alkanes of at least 4 members (excludes halogenated alkanes) is 1. The molecule has 0 atom stereocenters. The fraction of sp³-hybridized carbons (Fsp3) is 0.200. The summed E-state index contributed by atoms with van der Waals surface area (Å²) in [6.07, 6.45) is 6.71. The van der Waals surface area contributed by atoms with Crippen molar-refractivity contribution >= 4 is 29.3 Å². The number of hydrogen-bond donors (Lipinski definition) is 1. The summed E-state index contributed by atoms with van der Waals surface area (Å²) in [7, 11) is 0. The van der Waals surface area contributed by atoms with E-state index in [0.717, 1.165) is 24.2 Å². The molecule has 0 saturated heterocycles. The molecule has 0 unspecified atom stereocenters. The van der Waals surface area contributed by atoms with Gasteiger partial charge in [0.2, 0.25) is 5.78 Å². The summed E-state index contributed by atoms with van der Waals surface area (Å²) in [5, 5.41) is 0. The fourth-order valence-electron chi connectivity index (χ4n) is 2.28. The number of aromatic nitrogens is 1. The first kappa shape index (κ1) is 17.9. The Morgan fingerprint density at radius 3 is 2.77 bits per heavy atom. The molecule has 0 fully saturated rings. The summed E-state index contributed by atoms with van der Waals surface area (Å²) in [5.41, 5.74) is 0.667. The van der Waals surface area contributed by atoms with Crippen molar-refractivity contribution in [1.82, 2.24) is 4.98 Å². The van der Waals surface area contributed by atoms with Crippen LogP contribution in [0.2, 0.25) is 0 Å². The van der Waals surface area contributed by atoms with Gasteiger partial charge in [-0.05, 0) is 42.3 Å². The highest BCUT2D eigenvalue weighted by atomic mass is 32.1. The van der Waals surface area contributed by atoms with Gasteiger partial charge in [0.05, 0.1) is 22.1 Å². The Bertz CT molecular complexity index is 1030. The zero-order valence-electron chi connectivity index (χ0n) is 14.4. The van der Waals surface area contributed by atoms with E-state index in [4.69, 9.17) is 9.15 Å². The number of hydrogen-bond acceptors (Lipinski definition) is 5. The van der Waals surface area contributed by atoms with Gasteiger partial charge in [-0.2, -0.15) is 0 Å². The van der Waals surface area contributed by atoms with Crippen molar-refractivity contribution in [1.29, 1.82) is 0 Å². The maximum atomic E-state index is 12.1. The Morgan fingerprint density at radius 2 is 2.08 bits per heavy atom. The summed E-state index contributed by atoms with van der Waals surface area (Å²) >= 11 is 1.23. The van der Waals surface area contributed by atoms with E-state index in [2.05, 4.69) is 11.9 Å². The third-order valence-corrected chi connectivity index (χ3v) is 4.61. The molecule has 0 bridgehead atoms. The molecule has 6 heteroatoms. The average Bonchev–Trinajstić information content (AvgIpc) is 3.27. The SMILES string of the molecule is CCCCOc1ccc(/C=c2\s/c(=C\C(=O)c3ccco3)[nH]c2=O)cc1. The molecule has 1 aromatic carbocycles. The summed E-state index contributed by atoms with van der Waals surface area (Å²) in [4.78, 5) is 26.8. The molecule has 0 aliphatic rings. The van der Waals surface area contributed by atoms with E-state index >= 15 is 0 Å². The number of ether oxygens (including phenoxy) is 1. The van der Waals surface area contributed by atoms with Crippen molar-refractivity contribution in [2.24, 2.45) is 0 Å². The van der Waals surface area contributed by atoms with Gasteiger partial charge in [0.25, 0.3) is 5.56 Å². The number of Topliss-reactive ketones (excluding diaryl/α,β-unsaturated/α-hetero) is 1. The van der Waals surface area contributed by atoms with Gasteiger partial charge in [0.1, 0.15) is 5.75 Å². The van der Waals surface area contributed by atoms with Gasteiger partial charge in [-0.15, -0.1) is 11.3 Å². The monoisotopic (exact) mass is 369 g/mol. The molecule has 0 saturated carbocycles. The van der Waals surface area contributed by atoms with E-state index in [-0.39, 0.29) is 17.1 Å². The fourth-order valence-corrected chi connectivity index (χ4v) is 3.16. The quantitative estimate of drug-likeness (QED) is 0.513. The summed E-state index contributed by atoms with van der Waals surface area (Å²) in [5.74, 6) is 0.768. The number of furan rings is 1. The topological polar surface area (TPSA) is 72.3 Å². The van der Waals surface area contributed by atoms with Crippen LogP contribution in [-0.2, 0) is 0 Å². The number of ketones is 1. The number of aromatic amines is 1. The number of carbonyl (C=O) groups is 1. The lowest BCUT2D eigenvalue weighted by Gasteiger charge is -2.04. The molecule has 2 aromatic heterocycles. The summed E-state index contributed by atoms with van der Waals surface area (Å²) < 4.78 is 11.7. The lowest BCUT2D eigenvalue weighted by Crippen LogP contribution is -2.19. The average molecular weight is 369 g/mol. The van der Waals surface area contributed by atoms with Crippen LogP contribution in [-0.4, -0.2) is 17.4 Å². The highest BCUT2D eigenvalue weighted by molar-refractivity contribution is 7.07. The molecule has 1 N–H and O–H groups in total. The maximum absolute atomic E-state index is 12.1. The van der Waals surface area contributed by atoms with Gasteiger partial charge in [-0.1, -0.05) is 25.5 Å². The minimum absolute atomic E-state index is 0.225. The Morgan fingerprint density at radius 1 is 1.27 bits per heavy atom. The zero-order valence-corrected chi connectivity index (χ0v) is 15.2. The van der Waals surface area contributed by atoms with Crippen LogP contribution in [0.5, 0.6) is 5.75 Å². The number of rotatable bonds is 7. The third kappa shape index (κ3) is 4.61. The van der Waals surface area contributed by atoms with E-state index in [1.807, 2.05) is 24.3 Å². The highest BCUT2D eigenvalue weighted by Gasteiger charge is 2.05. The number of nitrogens with one attached hydrogen (secondary N) is 1. The number of H-pyrrole nitrogens is 1. The van der Waals surface area contributed by atoms with Gasteiger partial charge in [-0.25, -0.2) is 0 Å². The van der Waals surface area contributed by atoms with Crippen LogP contribution in [0.25, 0.3) is 12.2 Å². The van der Waals surface area contributed by atoms with Crippen LogP contribution < -0.4 is 19.5 Å². The van der Waals surface area contributed by atoms with Crippen LogP contribution in [0.3, 0.4) is 0 Å². The summed E-state index contributed by atoms with van der Waals surface area (Å²) in [6.45, 7) is 2.82. The molecule has 3 aromatic rings. The molecule has 0 radical (unpaired) electrons. The summed E-state index contributed by atoms with van der Waals surface area (Å²) in [6, 6.07) is 10.8. The molecule has 5 nitrogen and oxygen atoms in total. The van der Waals surface area contributed by atoms with Crippen LogP contribution in [0, 0.1) is 0 Å². The first-order chi connectivity index (χ1) is 12.7. The lowest BCUT2D eigenvalue weighted by atomic mass is 10.2. The molecule has 26 heavy (non-hydrogen) atoms. The van der Waals surface area contributed by atoms with Crippen molar-refractivity contribution in [3.8, 4) is 5.75 Å². The molecular formula is C20H19NO4S. The van der Waals surface area contributed by atoms with Crippen molar-refractivity contribution in [3.63, 3.8) is 0 Å². The second-order valence-corrected chi connectivity index (χ2v) is 6.77. The van der Waals surface area contributed by atoms with Crippen molar-refractivity contribution < 1.29 is 13.9 Å². The van der Waals surface area contributed by atoms with Crippen molar-refractivity contribution in [3.05, 3.63) is 73.5 Å². The predicted octanol–water partition coefficient (Wildman–Crippen LogP) is 2.70. The zero-order chi connectivity index (χ0) is 18.4. The normalized spacial score (nSPS) is 12.5. The first-order valence-corrected chi connectivity index (χ1v) is 9.20. The Balaban J connectivity index is 1.80. The number of benzene rings is 1. The third-order valence-electron chi connectivity index (χ3n) is 3.65. The number of thiazole rings is 1. The van der Waals surface area contributed by atoms with Gasteiger partial charge in [0, 0.05) is 6.08 Å². The second-order valence-electron chi connectivity index (χ2n) is 5.69. The van der Waals surface area contributed by atoms with E-state index in [1.165, 1.54) is 23.7 Å². The first-order valence-electron chi connectivity index (χ1n) is 8.39. The second kappa shape index (κ2) is 8.49. The van der Waals surface area contributed by atoms with Crippen LogP contribution >= 0.6 is 11.3 Å². The maximum Gasteiger partial charge on any atom is 0.266 e. The van der Waals surface area contributed by atoms with Crippen LogP contribution in [0.4, 0.5) is 0 Å². The number of carbonyl (C=O) groups excluding carboxylic acids is 1. The molecule has 3 rings (SSSR count). The Kier molecular flexibility index (Phi) is 5.86. The van der Waals surface area contributed by atoms with E-state index in [1.54, 1.807) is 18.2 Å². The molecule has 134 valence electrons. The molecular weight excluding hydrogens is 350 g/mol. The van der Waals surface area contributed by atoms with E-state index in [9.17, 15) is 9.59 Å². The minimum Gasteiger partial charge on any atom is -0.494 e. The standard InChI is InChI=1S/C20H19NO4S/c1-2-3-10-24-15-8-6-14(7-9-15)12-18-20(23)21-19(26-18)13-16(22)17-5-4-11-25-17/h4-9,11-13H,2-3,10H2,1H3,(H,21,23)/b18-12-,19-13-. The minimum atomic E-state index is -0.285. The lowest BCUT2D eigenvalue weighted by molar-refractivity contribution is 0.103. The van der Waals surface area contributed by atoms with Gasteiger partial charge in [-0.3, -0.25) is 9.59 Å². The van der Waals surface area contributed by atoms with Crippen molar-refractivity contribution in [2.45, 2.75) is 19.8 Å². The molecule has 0 spiro atoms. The molecule has 0 aliphatic carbocycles. The molecule has 2 heterocycles. The van der Waals surface area contributed by atoms with Crippen molar-refractivity contribution in [2.75, 3.05) is 6.61 Å². The molecule has 0 amide bonds. The van der Waals surface area contributed by atoms with Crippen LogP contribution in [0.15, 0.2) is 51.9 Å². The molecule has 0 aliphatic heterocycles. The van der Waals surface area contributed by atoms with Gasteiger partial charge < -0.3 is 14.1 Å². The smallest absolute Gasteiger partial charge is 0.266 e. The predicted molar refractivity (Wildman–Crippen MR) is 102 cm³/mol. The largest absolute Gasteiger partial charge is 0.494 e. The van der Waals surface area contributed by atoms with Gasteiger partial charge in [0.15, 0.2) is 5.76 Å². The van der Waals surface area contributed by atoms with Crippen LogP contribution in [0.1, 0.15) is 35.9 Å². The van der Waals surface area contributed by atoms with E-state index in [0.29, 0.717) is 15.8 Å². The van der Waals surface area contributed by atoms with E-state index < -0.39 is 0 Å². The Hall–Kier alpha value is -2.86. The van der Waals surface area contributed by atoms with Gasteiger partial charge >= 0.3 is 0 Å². The highest BCUT2D eigenvalue weighted by Crippen LogP contribution is 2.13.